The van der Waals surface area contributed by atoms with Crippen molar-refractivity contribution < 1.29 is 4.92 Å². The Morgan fingerprint density at radius 1 is 1.25 bits per heavy atom. The Hall–Kier alpha value is -1.62. The second-order valence-electron chi connectivity index (χ2n) is 8.02. The number of hydrogen-bond donors (Lipinski definition) is 1. The van der Waals surface area contributed by atoms with E-state index in [1.165, 1.54) is 44.9 Å². The fourth-order valence-electron chi connectivity index (χ4n) is 4.61. The minimum absolute atomic E-state index is 0.159. The molecular formula is C19H29N3O2. The van der Waals surface area contributed by atoms with Crippen molar-refractivity contribution in [1.29, 1.82) is 0 Å². The van der Waals surface area contributed by atoms with Gasteiger partial charge in [-0.05, 0) is 55.6 Å². The Kier molecular flexibility index (Phi) is 5.09. The smallest absolute Gasteiger partial charge is 0.269 e. The van der Waals surface area contributed by atoms with Crippen LogP contribution in [0.5, 0.6) is 0 Å². The van der Waals surface area contributed by atoms with Crippen molar-refractivity contribution in [2.45, 2.75) is 57.9 Å². The predicted octanol–water partition coefficient (Wildman–Crippen LogP) is 4.11. The van der Waals surface area contributed by atoms with Crippen molar-refractivity contribution >= 4 is 11.4 Å². The van der Waals surface area contributed by atoms with Gasteiger partial charge in [0.25, 0.3) is 5.69 Å². The number of anilines is 1. The first-order valence-electron chi connectivity index (χ1n) is 9.22. The number of nitro groups is 1. The van der Waals surface area contributed by atoms with Gasteiger partial charge >= 0.3 is 0 Å². The minimum atomic E-state index is -0.339. The van der Waals surface area contributed by atoms with Crippen LogP contribution in [0, 0.1) is 21.4 Å². The Morgan fingerprint density at radius 2 is 1.96 bits per heavy atom. The molecule has 1 aliphatic carbocycles. The molecule has 2 aliphatic rings. The van der Waals surface area contributed by atoms with Crippen LogP contribution < -0.4 is 10.6 Å². The van der Waals surface area contributed by atoms with Crippen molar-refractivity contribution in [3.8, 4) is 0 Å². The van der Waals surface area contributed by atoms with E-state index in [-0.39, 0.29) is 10.6 Å². The van der Waals surface area contributed by atoms with Crippen LogP contribution in [0.3, 0.4) is 0 Å². The standard InChI is InChI=1S/C19H29N3O2/c1-19(13-15-5-2-3-6-18(15)20)11-4-12-21(14-19)16-7-9-17(10-8-16)22(23)24/h7-10,15,18H,2-6,11-14,20H2,1H3/t15-,18+,19+/m0/s1. The number of nitrogens with zero attached hydrogens (tertiary/aromatic N) is 2. The van der Waals surface area contributed by atoms with Crippen LogP contribution in [0.15, 0.2) is 24.3 Å². The van der Waals surface area contributed by atoms with Crippen LogP contribution in [0.4, 0.5) is 11.4 Å². The zero-order valence-corrected chi connectivity index (χ0v) is 14.6. The van der Waals surface area contributed by atoms with Gasteiger partial charge in [0.15, 0.2) is 0 Å². The number of non-ortho nitro benzene ring substituents is 1. The molecule has 1 saturated heterocycles. The first-order valence-corrected chi connectivity index (χ1v) is 9.22. The highest BCUT2D eigenvalue weighted by Gasteiger charge is 2.35. The largest absolute Gasteiger partial charge is 0.371 e. The van der Waals surface area contributed by atoms with Crippen molar-refractivity contribution in [2.75, 3.05) is 18.0 Å². The third-order valence-corrected chi connectivity index (χ3v) is 5.93. The number of benzene rings is 1. The number of piperidine rings is 1. The van der Waals surface area contributed by atoms with Gasteiger partial charge in [0, 0.05) is 37.0 Å². The van der Waals surface area contributed by atoms with E-state index in [4.69, 9.17) is 5.73 Å². The van der Waals surface area contributed by atoms with Crippen LogP contribution in [-0.2, 0) is 0 Å². The molecular weight excluding hydrogens is 302 g/mol. The van der Waals surface area contributed by atoms with E-state index in [0.717, 1.165) is 18.8 Å². The van der Waals surface area contributed by atoms with Crippen LogP contribution >= 0.6 is 0 Å². The van der Waals surface area contributed by atoms with Crippen molar-refractivity contribution in [3.63, 3.8) is 0 Å². The molecule has 1 aromatic carbocycles. The topological polar surface area (TPSA) is 72.4 Å². The molecule has 0 unspecified atom stereocenters. The molecule has 0 radical (unpaired) electrons. The predicted molar refractivity (Wildman–Crippen MR) is 97.2 cm³/mol. The first-order chi connectivity index (χ1) is 11.5. The Bertz CT molecular complexity index is 574. The van der Waals surface area contributed by atoms with Gasteiger partial charge in [-0.2, -0.15) is 0 Å². The van der Waals surface area contributed by atoms with Crippen molar-refractivity contribution in [3.05, 3.63) is 34.4 Å². The third-order valence-electron chi connectivity index (χ3n) is 5.93. The van der Waals surface area contributed by atoms with Gasteiger partial charge in [0.05, 0.1) is 4.92 Å². The molecule has 0 amide bonds. The average Bonchev–Trinajstić information content (AvgIpc) is 2.57. The Balaban J connectivity index is 1.67. The lowest BCUT2D eigenvalue weighted by Crippen LogP contribution is -2.45. The maximum atomic E-state index is 10.8. The second-order valence-corrected chi connectivity index (χ2v) is 8.02. The molecule has 2 fully saturated rings. The molecule has 3 atom stereocenters. The van der Waals surface area contributed by atoms with Crippen LogP contribution in [0.2, 0.25) is 0 Å². The van der Waals surface area contributed by atoms with Gasteiger partial charge < -0.3 is 10.6 Å². The zero-order chi connectivity index (χ0) is 17.2. The Morgan fingerprint density at radius 3 is 2.62 bits per heavy atom. The number of rotatable bonds is 4. The van der Waals surface area contributed by atoms with E-state index >= 15 is 0 Å². The number of nitro benzene ring substituents is 1. The van der Waals surface area contributed by atoms with E-state index in [1.54, 1.807) is 12.1 Å². The summed E-state index contributed by atoms with van der Waals surface area (Å²) in [6, 6.07) is 7.36. The van der Waals surface area contributed by atoms with E-state index in [1.807, 2.05) is 12.1 Å². The Labute approximate surface area is 144 Å². The SMILES string of the molecule is C[C@]1(C[C@@H]2CCCC[C@H]2N)CCCN(c2ccc([N+](=O)[O-])cc2)C1. The highest BCUT2D eigenvalue weighted by Crippen LogP contribution is 2.41. The summed E-state index contributed by atoms with van der Waals surface area (Å²) in [7, 11) is 0. The third kappa shape index (κ3) is 3.89. The summed E-state index contributed by atoms with van der Waals surface area (Å²) in [4.78, 5) is 12.9. The summed E-state index contributed by atoms with van der Waals surface area (Å²) in [6.45, 7) is 4.45. The number of hydrogen-bond acceptors (Lipinski definition) is 4. The van der Waals surface area contributed by atoms with Crippen molar-refractivity contribution in [2.24, 2.45) is 17.1 Å². The molecule has 0 spiro atoms. The van der Waals surface area contributed by atoms with E-state index in [9.17, 15) is 10.1 Å². The van der Waals surface area contributed by atoms with E-state index in [2.05, 4.69) is 11.8 Å². The molecule has 24 heavy (non-hydrogen) atoms. The van der Waals surface area contributed by atoms with Gasteiger partial charge in [-0.3, -0.25) is 10.1 Å². The quantitative estimate of drug-likeness (QED) is 0.665. The molecule has 5 nitrogen and oxygen atoms in total. The monoisotopic (exact) mass is 331 g/mol. The number of nitrogens with two attached hydrogens (primary N) is 1. The van der Waals surface area contributed by atoms with Gasteiger partial charge in [-0.25, -0.2) is 0 Å². The molecule has 132 valence electrons. The molecule has 0 bridgehead atoms. The maximum absolute atomic E-state index is 10.8. The summed E-state index contributed by atoms with van der Waals surface area (Å²) < 4.78 is 0. The summed E-state index contributed by atoms with van der Waals surface area (Å²) in [5.74, 6) is 0.653. The molecule has 5 heteroatoms. The molecule has 1 heterocycles. The van der Waals surface area contributed by atoms with Gasteiger partial charge in [-0.1, -0.05) is 19.8 Å². The lowest BCUT2D eigenvalue weighted by atomic mass is 9.70. The van der Waals surface area contributed by atoms with Gasteiger partial charge in [0.1, 0.15) is 0 Å². The lowest BCUT2D eigenvalue weighted by Gasteiger charge is -2.45. The molecule has 0 aromatic heterocycles. The zero-order valence-electron chi connectivity index (χ0n) is 14.6. The second kappa shape index (κ2) is 7.09. The fraction of sp³-hybridized carbons (Fsp3) is 0.684. The van der Waals surface area contributed by atoms with Crippen LogP contribution in [-0.4, -0.2) is 24.1 Å². The molecule has 1 aromatic rings. The van der Waals surface area contributed by atoms with Gasteiger partial charge in [0.2, 0.25) is 0 Å². The summed E-state index contributed by atoms with van der Waals surface area (Å²) >= 11 is 0. The molecule has 1 aliphatic heterocycles. The minimum Gasteiger partial charge on any atom is -0.371 e. The van der Waals surface area contributed by atoms with Gasteiger partial charge in [-0.15, -0.1) is 0 Å². The molecule has 3 rings (SSSR count). The summed E-state index contributed by atoms with van der Waals surface area (Å²) in [5.41, 5.74) is 7.92. The summed E-state index contributed by atoms with van der Waals surface area (Å²) in [6.07, 6.45) is 8.68. The van der Waals surface area contributed by atoms with Crippen LogP contribution in [0.25, 0.3) is 0 Å². The van der Waals surface area contributed by atoms with E-state index < -0.39 is 0 Å². The lowest BCUT2D eigenvalue weighted by molar-refractivity contribution is -0.384. The first kappa shape index (κ1) is 17.2. The highest BCUT2D eigenvalue weighted by molar-refractivity contribution is 5.51. The fourth-order valence-corrected chi connectivity index (χ4v) is 4.61. The highest BCUT2D eigenvalue weighted by atomic mass is 16.6. The molecule has 2 N–H and O–H groups in total. The molecule has 1 saturated carbocycles. The van der Waals surface area contributed by atoms with Crippen molar-refractivity contribution in [1.82, 2.24) is 0 Å². The van der Waals surface area contributed by atoms with E-state index in [0.29, 0.717) is 17.4 Å². The van der Waals surface area contributed by atoms with Crippen LogP contribution in [0.1, 0.15) is 51.9 Å². The maximum Gasteiger partial charge on any atom is 0.269 e. The summed E-state index contributed by atoms with van der Waals surface area (Å²) in [5, 5.41) is 10.8. The normalized spacial score (nSPS) is 31.0. The average molecular weight is 331 g/mol.